The molecule has 0 radical (unpaired) electrons. The van der Waals surface area contributed by atoms with Crippen molar-refractivity contribution in [1.82, 2.24) is 10.0 Å². The van der Waals surface area contributed by atoms with Crippen LogP contribution in [0.2, 0.25) is 0 Å². The predicted octanol–water partition coefficient (Wildman–Crippen LogP) is 2.13. The van der Waals surface area contributed by atoms with Crippen LogP contribution in [0.4, 0.5) is 4.39 Å². The highest BCUT2D eigenvalue weighted by atomic mass is 32.2. The van der Waals surface area contributed by atoms with Crippen molar-refractivity contribution in [3.05, 3.63) is 65.5 Å². The second kappa shape index (κ2) is 7.25. The van der Waals surface area contributed by atoms with E-state index < -0.39 is 10.0 Å². The smallest absolute Gasteiger partial charge is 0.263 e. The highest BCUT2D eigenvalue weighted by Gasteiger charge is 2.29. The fraction of sp³-hybridized carbons (Fsp3) is 0.222. The van der Waals surface area contributed by atoms with E-state index in [0.717, 1.165) is 5.56 Å². The maximum absolute atomic E-state index is 12.9. The average Bonchev–Trinajstić information content (AvgIpc) is 2.86. The van der Waals surface area contributed by atoms with E-state index in [2.05, 4.69) is 15.0 Å². The maximum Gasteiger partial charge on any atom is 0.263 e. The Kier molecular flexibility index (Phi) is 5.03. The molecular weight excluding hydrogens is 357 g/mol. The second-order valence-corrected chi connectivity index (χ2v) is 7.57. The van der Waals surface area contributed by atoms with E-state index in [1.54, 1.807) is 37.3 Å². The van der Waals surface area contributed by atoms with E-state index in [1.807, 2.05) is 0 Å². The van der Waals surface area contributed by atoms with Crippen molar-refractivity contribution in [3.8, 4) is 0 Å². The van der Waals surface area contributed by atoms with Crippen LogP contribution in [-0.4, -0.2) is 26.7 Å². The standard InChI is InChI=1S/C18H18FN3O3S/c1-12(13-6-8-14(19)9-7-13)21-17(23)10-11-20-18-15-4-2-3-5-16(15)26(24,25)22-18/h2-9,12H,10-11H2,1H3,(H,20,22)(H,21,23). The molecule has 8 heteroatoms. The SMILES string of the molecule is CC(NC(=O)CCN=C1NS(=O)(=O)c2ccccc21)c1ccc(F)cc1. The summed E-state index contributed by atoms with van der Waals surface area (Å²) in [7, 11) is -3.58. The van der Waals surface area contributed by atoms with Gasteiger partial charge in [0.2, 0.25) is 5.91 Å². The summed E-state index contributed by atoms with van der Waals surface area (Å²) in [5, 5.41) is 2.81. The molecule has 0 aliphatic carbocycles. The first-order valence-electron chi connectivity index (χ1n) is 8.08. The molecule has 1 heterocycles. The van der Waals surface area contributed by atoms with Crippen LogP contribution in [0.15, 0.2) is 58.4 Å². The normalized spacial score (nSPS) is 17.4. The fourth-order valence-electron chi connectivity index (χ4n) is 2.67. The number of fused-ring (bicyclic) bond motifs is 1. The molecular formula is C18H18FN3O3S. The molecule has 0 aromatic heterocycles. The van der Waals surface area contributed by atoms with Gasteiger partial charge in [0.1, 0.15) is 11.7 Å². The lowest BCUT2D eigenvalue weighted by Crippen LogP contribution is -2.27. The van der Waals surface area contributed by atoms with Crippen LogP contribution in [0, 0.1) is 5.82 Å². The van der Waals surface area contributed by atoms with Gasteiger partial charge in [-0.2, -0.15) is 0 Å². The van der Waals surface area contributed by atoms with Crippen LogP contribution in [0.1, 0.15) is 30.5 Å². The molecule has 1 aliphatic rings. The van der Waals surface area contributed by atoms with E-state index in [4.69, 9.17) is 0 Å². The Morgan fingerprint density at radius 2 is 1.88 bits per heavy atom. The first kappa shape index (κ1) is 18.1. The van der Waals surface area contributed by atoms with Crippen LogP contribution in [0.3, 0.4) is 0 Å². The van der Waals surface area contributed by atoms with Crippen LogP contribution < -0.4 is 10.0 Å². The molecule has 0 saturated heterocycles. The van der Waals surface area contributed by atoms with Gasteiger partial charge in [0.15, 0.2) is 0 Å². The number of nitrogens with one attached hydrogen (secondary N) is 2. The number of sulfonamides is 1. The number of carbonyl (C=O) groups is 1. The van der Waals surface area contributed by atoms with Gasteiger partial charge in [0.25, 0.3) is 10.0 Å². The highest BCUT2D eigenvalue weighted by molar-refractivity contribution is 7.90. The van der Waals surface area contributed by atoms with Gasteiger partial charge in [-0.15, -0.1) is 0 Å². The number of amidine groups is 1. The van der Waals surface area contributed by atoms with Crippen LogP contribution in [0.25, 0.3) is 0 Å². The Morgan fingerprint density at radius 1 is 1.19 bits per heavy atom. The monoisotopic (exact) mass is 375 g/mol. The third-order valence-corrected chi connectivity index (χ3v) is 5.42. The van der Waals surface area contributed by atoms with Crippen LogP contribution in [-0.2, 0) is 14.8 Å². The molecule has 0 spiro atoms. The molecule has 3 rings (SSSR count). The second-order valence-electron chi connectivity index (χ2n) is 5.92. The average molecular weight is 375 g/mol. The zero-order chi connectivity index (χ0) is 18.7. The first-order valence-corrected chi connectivity index (χ1v) is 9.56. The van der Waals surface area contributed by atoms with Gasteiger partial charge in [0, 0.05) is 12.0 Å². The van der Waals surface area contributed by atoms with Crippen LogP contribution in [0.5, 0.6) is 0 Å². The van der Waals surface area contributed by atoms with Crippen LogP contribution >= 0.6 is 0 Å². The summed E-state index contributed by atoms with van der Waals surface area (Å²) in [5.41, 5.74) is 1.30. The molecule has 1 unspecified atom stereocenters. The first-order chi connectivity index (χ1) is 12.4. The Morgan fingerprint density at radius 3 is 2.62 bits per heavy atom. The molecule has 26 heavy (non-hydrogen) atoms. The van der Waals surface area contributed by atoms with E-state index >= 15 is 0 Å². The van der Waals surface area contributed by atoms with Crippen molar-refractivity contribution >= 4 is 21.8 Å². The van der Waals surface area contributed by atoms with Crippen molar-refractivity contribution in [3.63, 3.8) is 0 Å². The third kappa shape index (κ3) is 3.91. The van der Waals surface area contributed by atoms with Gasteiger partial charge in [-0.25, -0.2) is 12.8 Å². The Labute approximate surface area is 151 Å². The molecule has 2 N–H and O–H groups in total. The van der Waals surface area contributed by atoms with Crippen molar-refractivity contribution in [1.29, 1.82) is 0 Å². The summed E-state index contributed by atoms with van der Waals surface area (Å²) in [6.07, 6.45) is 0.110. The molecule has 6 nitrogen and oxygen atoms in total. The van der Waals surface area contributed by atoms with Gasteiger partial charge in [-0.05, 0) is 36.8 Å². The van der Waals surface area contributed by atoms with E-state index in [0.29, 0.717) is 5.56 Å². The summed E-state index contributed by atoms with van der Waals surface area (Å²) in [6, 6.07) is 12.2. The minimum atomic E-state index is -3.58. The lowest BCUT2D eigenvalue weighted by atomic mass is 10.1. The zero-order valence-electron chi connectivity index (χ0n) is 14.1. The molecule has 0 bridgehead atoms. The topological polar surface area (TPSA) is 87.6 Å². The number of hydrogen-bond acceptors (Lipinski definition) is 4. The molecule has 1 amide bonds. The van der Waals surface area contributed by atoms with E-state index in [-0.39, 0.29) is 41.5 Å². The van der Waals surface area contributed by atoms with Crippen molar-refractivity contribution < 1.29 is 17.6 Å². The lowest BCUT2D eigenvalue weighted by molar-refractivity contribution is -0.121. The molecule has 0 saturated carbocycles. The minimum absolute atomic E-state index is 0.110. The van der Waals surface area contributed by atoms with Crippen molar-refractivity contribution in [2.45, 2.75) is 24.3 Å². The highest BCUT2D eigenvalue weighted by Crippen LogP contribution is 2.22. The van der Waals surface area contributed by atoms with Gasteiger partial charge < -0.3 is 5.32 Å². The van der Waals surface area contributed by atoms with Crippen molar-refractivity contribution in [2.24, 2.45) is 4.99 Å². The Hall–Kier alpha value is -2.74. The van der Waals surface area contributed by atoms with Gasteiger partial charge in [-0.1, -0.05) is 24.3 Å². The molecule has 2 aromatic carbocycles. The van der Waals surface area contributed by atoms with Crippen molar-refractivity contribution in [2.75, 3.05) is 6.54 Å². The number of hydrogen-bond donors (Lipinski definition) is 2. The summed E-state index contributed by atoms with van der Waals surface area (Å²) >= 11 is 0. The number of halogens is 1. The third-order valence-electron chi connectivity index (χ3n) is 4.02. The Balaban J connectivity index is 1.59. The van der Waals surface area contributed by atoms with E-state index in [9.17, 15) is 17.6 Å². The zero-order valence-corrected chi connectivity index (χ0v) is 14.9. The quantitative estimate of drug-likeness (QED) is 0.839. The molecule has 0 fully saturated rings. The summed E-state index contributed by atoms with van der Waals surface area (Å²) < 4.78 is 39.3. The number of amides is 1. The number of rotatable bonds is 5. The van der Waals surface area contributed by atoms with Gasteiger partial charge in [0.05, 0.1) is 17.5 Å². The van der Waals surface area contributed by atoms with Gasteiger partial charge >= 0.3 is 0 Å². The number of aliphatic imine (C=N–C) groups is 1. The molecule has 2 aromatic rings. The molecule has 136 valence electrons. The van der Waals surface area contributed by atoms with E-state index in [1.165, 1.54) is 18.2 Å². The largest absolute Gasteiger partial charge is 0.350 e. The number of nitrogens with zero attached hydrogens (tertiary/aromatic N) is 1. The van der Waals surface area contributed by atoms with Gasteiger partial charge in [-0.3, -0.25) is 14.5 Å². The number of carbonyl (C=O) groups excluding carboxylic acids is 1. The molecule has 1 atom stereocenters. The summed E-state index contributed by atoms with van der Waals surface area (Å²) in [6.45, 7) is 1.95. The fourth-order valence-corrected chi connectivity index (χ4v) is 3.92. The Bertz CT molecular complexity index is 956. The minimum Gasteiger partial charge on any atom is -0.350 e. The summed E-state index contributed by atoms with van der Waals surface area (Å²) in [4.78, 5) is 16.4. The summed E-state index contributed by atoms with van der Waals surface area (Å²) in [5.74, 6) is -0.303. The maximum atomic E-state index is 12.9. The molecule has 1 aliphatic heterocycles. The lowest BCUT2D eigenvalue weighted by Gasteiger charge is -2.14. The number of benzene rings is 2. The predicted molar refractivity (Wildman–Crippen MR) is 95.7 cm³/mol.